The highest BCUT2D eigenvalue weighted by Crippen LogP contribution is 2.28. The first kappa shape index (κ1) is 24.7. The third-order valence-electron chi connectivity index (χ3n) is 5.52. The standard InChI is InChI=1S/C24H42O4/c1-3-5-7-8-9-10-11-12-13-16-20-28-24(26)22-18-15-14-17-21(22)23(25)27-19-6-4-2/h14-15,21-22H,3-13,16-20H2,1-2H3. The van der Waals surface area contributed by atoms with Crippen molar-refractivity contribution in [2.24, 2.45) is 11.8 Å². The minimum atomic E-state index is -0.387. The number of esters is 2. The molecular formula is C24H42O4. The Morgan fingerprint density at radius 2 is 1.04 bits per heavy atom. The highest BCUT2D eigenvalue weighted by atomic mass is 16.5. The van der Waals surface area contributed by atoms with E-state index in [1.807, 2.05) is 12.2 Å². The van der Waals surface area contributed by atoms with Gasteiger partial charge in [0.1, 0.15) is 0 Å². The molecule has 0 bridgehead atoms. The van der Waals surface area contributed by atoms with Crippen LogP contribution in [0.5, 0.6) is 0 Å². The Hall–Kier alpha value is -1.32. The molecule has 4 heteroatoms. The fourth-order valence-corrected chi connectivity index (χ4v) is 3.63. The van der Waals surface area contributed by atoms with Gasteiger partial charge in [0, 0.05) is 0 Å². The third kappa shape index (κ3) is 10.9. The zero-order valence-corrected chi connectivity index (χ0v) is 18.3. The van der Waals surface area contributed by atoms with Gasteiger partial charge in [0.25, 0.3) is 0 Å². The molecule has 4 nitrogen and oxygen atoms in total. The Kier molecular flexibility index (Phi) is 14.7. The summed E-state index contributed by atoms with van der Waals surface area (Å²) in [4.78, 5) is 24.7. The molecule has 0 fully saturated rings. The van der Waals surface area contributed by atoms with Crippen LogP contribution in [0.15, 0.2) is 12.2 Å². The molecule has 0 aromatic carbocycles. The summed E-state index contributed by atoms with van der Waals surface area (Å²) in [6.45, 7) is 5.21. The van der Waals surface area contributed by atoms with Gasteiger partial charge in [-0.1, -0.05) is 90.2 Å². The maximum Gasteiger partial charge on any atom is 0.310 e. The second-order valence-corrected chi connectivity index (χ2v) is 8.03. The lowest BCUT2D eigenvalue weighted by Gasteiger charge is -2.25. The SMILES string of the molecule is CCCCCCCCCCCCOC(=O)C1CC=CCC1C(=O)OCCCC. The molecule has 0 radical (unpaired) electrons. The Labute approximate surface area is 172 Å². The lowest BCUT2D eigenvalue weighted by molar-refractivity contribution is -0.161. The van der Waals surface area contributed by atoms with Crippen molar-refractivity contribution in [3.63, 3.8) is 0 Å². The molecule has 1 aliphatic carbocycles. The van der Waals surface area contributed by atoms with Crippen LogP contribution in [-0.4, -0.2) is 25.2 Å². The van der Waals surface area contributed by atoms with E-state index in [4.69, 9.17) is 9.47 Å². The number of rotatable bonds is 16. The van der Waals surface area contributed by atoms with Gasteiger partial charge >= 0.3 is 11.9 Å². The van der Waals surface area contributed by atoms with E-state index in [-0.39, 0.29) is 23.8 Å². The monoisotopic (exact) mass is 394 g/mol. The average molecular weight is 395 g/mol. The van der Waals surface area contributed by atoms with E-state index < -0.39 is 0 Å². The minimum Gasteiger partial charge on any atom is -0.465 e. The summed E-state index contributed by atoms with van der Waals surface area (Å²) in [5.41, 5.74) is 0. The summed E-state index contributed by atoms with van der Waals surface area (Å²) in [5, 5.41) is 0. The van der Waals surface area contributed by atoms with Crippen molar-refractivity contribution in [2.75, 3.05) is 13.2 Å². The molecule has 0 aromatic heterocycles. The van der Waals surface area contributed by atoms with Gasteiger partial charge < -0.3 is 9.47 Å². The molecule has 0 aromatic rings. The predicted octanol–water partition coefficient (Wildman–Crippen LogP) is 6.38. The molecule has 0 spiro atoms. The number of carbonyl (C=O) groups is 2. The predicted molar refractivity (Wildman–Crippen MR) is 114 cm³/mol. The Balaban J connectivity index is 2.14. The maximum atomic E-state index is 12.4. The molecule has 1 aliphatic rings. The van der Waals surface area contributed by atoms with Crippen LogP contribution in [0.2, 0.25) is 0 Å². The Morgan fingerprint density at radius 1 is 0.643 bits per heavy atom. The molecule has 0 saturated heterocycles. The number of hydrogen-bond acceptors (Lipinski definition) is 4. The molecule has 0 aliphatic heterocycles. The lowest BCUT2D eigenvalue weighted by Crippen LogP contribution is -2.34. The van der Waals surface area contributed by atoms with Crippen LogP contribution in [0.3, 0.4) is 0 Å². The lowest BCUT2D eigenvalue weighted by atomic mass is 9.83. The third-order valence-corrected chi connectivity index (χ3v) is 5.52. The van der Waals surface area contributed by atoms with Crippen LogP contribution < -0.4 is 0 Å². The van der Waals surface area contributed by atoms with Crippen molar-refractivity contribution in [3.8, 4) is 0 Å². The minimum absolute atomic E-state index is 0.238. The molecule has 0 saturated carbocycles. The van der Waals surface area contributed by atoms with Crippen molar-refractivity contribution < 1.29 is 19.1 Å². The van der Waals surface area contributed by atoms with Gasteiger partial charge in [0.05, 0.1) is 25.0 Å². The fourth-order valence-electron chi connectivity index (χ4n) is 3.63. The fraction of sp³-hybridized carbons (Fsp3) is 0.833. The van der Waals surface area contributed by atoms with Crippen LogP contribution in [-0.2, 0) is 19.1 Å². The van der Waals surface area contributed by atoms with Crippen molar-refractivity contribution in [1.29, 1.82) is 0 Å². The molecule has 0 amide bonds. The van der Waals surface area contributed by atoms with E-state index in [9.17, 15) is 9.59 Å². The zero-order chi connectivity index (χ0) is 20.5. The van der Waals surface area contributed by atoms with E-state index in [0.717, 1.165) is 25.7 Å². The molecule has 162 valence electrons. The molecular weight excluding hydrogens is 352 g/mol. The van der Waals surface area contributed by atoms with Gasteiger partial charge in [0.2, 0.25) is 0 Å². The smallest absolute Gasteiger partial charge is 0.310 e. The van der Waals surface area contributed by atoms with Crippen LogP contribution in [0.1, 0.15) is 104 Å². The van der Waals surface area contributed by atoms with Crippen LogP contribution in [0.4, 0.5) is 0 Å². The van der Waals surface area contributed by atoms with Gasteiger partial charge in [-0.2, -0.15) is 0 Å². The van der Waals surface area contributed by atoms with E-state index in [1.54, 1.807) is 0 Å². The van der Waals surface area contributed by atoms with Gasteiger partial charge in [-0.05, 0) is 25.7 Å². The summed E-state index contributed by atoms with van der Waals surface area (Å²) in [6.07, 6.45) is 19.5. The highest BCUT2D eigenvalue weighted by molar-refractivity contribution is 5.82. The second kappa shape index (κ2) is 16.6. The van der Waals surface area contributed by atoms with E-state index in [1.165, 1.54) is 51.4 Å². The van der Waals surface area contributed by atoms with Crippen LogP contribution >= 0.6 is 0 Å². The Morgan fingerprint density at radius 3 is 1.50 bits per heavy atom. The van der Waals surface area contributed by atoms with Crippen molar-refractivity contribution in [3.05, 3.63) is 12.2 Å². The maximum absolute atomic E-state index is 12.4. The summed E-state index contributed by atoms with van der Waals surface area (Å²) in [7, 11) is 0. The topological polar surface area (TPSA) is 52.6 Å². The molecule has 28 heavy (non-hydrogen) atoms. The first-order valence-electron chi connectivity index (χ1n) is 11.7. The first-order chi connectivity index (χ1) is 13.7. The quantitative estimate of drug-likeness (QED) is 0.173. The second-order valence-electron chi connectivity index (χ2n) is 8.03. The zero-order valence-electron chi connectivity index (χ0n) is 18.3. The number of hydrogen-bond donors (Lipinski definition) is 0. The number of unbranched alkanes of at least 4 members (excludes halogenated alkanes) is 10. The Bertz CT molecular complexity index is 444. The summed E-state index contributed by atoms with van der Waals surface area (Å²) in [5.74, 6) is -1.26. The van der Waals surface area contributed by atoms with Crippen molar-refractivity contribution in [1.82, 2.24) is 0 Å². The molecule has 0 N–H and O–H groups in total. The van der Waals surface area contributed by atoms with Gasteiger partial charge in [0.15, 0.2) is 0 Å². The summed E-state index contributed by atoms with van der Waals surface area (Å²) >= 11 is 0. The van der Waals surface area contributed by atoms with Gasteiger partial charge in [-0.3, -0.25) is 9.59 Å². The van der Waals surface area contributed by atoms with Gasteiger partial charge in [-0.25, -0.2) is 0 Å². The normalized spacial score (nSPS) is 18.8. The first-order valence-corrected chi connectivity index (χ1v) is 11.7. The van der Waals surface area contributed by atoms with E-state index >= 15 is 0 Å². The van der Waals surface area contributed by atoms with Crippen molar-refractivity contribution >= 4 is 11.9 Å². The van der Waals surface area contributed by atoms with Crippen LogP contribution in [0, 0.1) is 11.8 Å². The number of carbonyl (C=O) groups excluding carboxylic acids is 2. The molecule has 1 rings (SSSR count). The van der Waals surface area contributed by atoms with Crippen molar-refractivity contribution in [2.45, 2.75) is 104 Å². The van der Waals surface area contributed by atoms with Gasteiger partial charge in [-0.15, -0.1) is 0 Å². The van der Waals surface area contributed by atoms with E-state index in [0.29, 0.717) is 26.1 Å². The highest BCUT2D eigenvalue weighted by Gasteiger charge is 2.36. The number of ether oxygens (including phenoxy) is 2. The van der Waals surface area contributed by atoms with Crippen LogP contribution in [0.25, 0.3) is 0 Å². The largest absolute Gasteiger partial charge is 0.465 e. The average Bonchev–Trinajstić information content (AvgIpc) is 2.72. The van der Waals surface area contributed by atoms with E-state index in [2.05, 4.69) is 13.8 Å². The summed E-state index contributed by atoms with van der Waals surface area (Å²) < 4.78 is 10.8. The molecule has 2 unspecified atom stereocenters. The number of allylic oxidation sites excluding steroid dienone is 2. The molecule has 0 heterocycles. The summed E-state index contributed by atoms with van der Waals surface area (Å²) in [6, 6.07) is 0. The molecule has 2 atom stereocenters.